The number of carbonyl (C=O) groups is 4. The fraction of sp³-hybridized carbons (Fsp3) is 0.278. The highest BCUT2D eigenvalue weighted by molar-refractivity contribution is 7.90. The Kier molecular flexibility index (Phi) is 30.3. The molecule has 0 radical (unpaired) electrons. The number of nitrogens with one attached hydrogen (secondary N) is 8. The zero-order chi connectivity index (χ0) is 85.4. The number of anilines is 4. The Morgan fingerprint density at radius 1 is 0.293 bits per heavy atom. The van der Waals surface area contributed by atoms with E-state index in [1.165, 1.54) is 48.5 Å². The molecule has 4 amide bonds. The van der Waals surface area contributed by atoms with Crippen LogP contribution in [0.3, 0.4) is 0 Å². The molecule has 624 valence electrons. The highest BCUT2D eigenvalue weighted by Gasteiger charge is 2.37. The maximum atomic E-state index is 14.1. The number of hydrogen-bond acceptors (Lipinski definition) is 16. The minimum atomic E-state index is -4.57. The van der Waals surface area contributed by atoms with E-state index in [2.05, 4.69) is 34.8 Å². The first-order chi connectivity index (χ1) is 54.3. The third-order valence-electron chi connectivity index (χ3n) is 18.1. The monoisotopic (exact) mass is 1790 g/mol. The fourth-order valence-electron chi connectivity index (χ4n) is 12.1. The number of hydrogen-bond donors (Lipinski definition) is 12. The van der Waals surface area contributed by atoms with E-state index < -0.39 is 198 Å². The number of aliphatic hydroxyl groups excluding tert-OH is 4. The van der Waals surface area contributed by atoms with Gasteiger partial charge in [-0.2, -0.15) is 0 Å². The largest absolute Gasteiger partial charge is 0.391 e. The third-order valence-corrected chi connectivity index (χ3v) is 25.6. The van der Waals surface area contributed by atoms with Crippen LogP contribution in [0.4, 0.5) is 75.4 Å². The minimum Gasteiger partial charge on any atom is -0.391 e. The molecule has 0 aliphatic heterocycles. The Morgan fingerprint density at radius 3 is 0.974 bits per heavy atom. The molecule has 0 bridgehead atoms. The fourth-order valence-corrected chi connectivity index (χ4v) is 18.8. The Hall–Kier alpha value is -8.56. The topological polar surface area (TPSA) is 382 Å². The highest BCUT2D eigenvalue weighted by Crippen LogP contribution is 2.33. The molecule has 4 aliphatic rings. The van der Waals surface area contributed by atoms with Gasteiger partial charge >= 0.3 is 0 Å². The summed E-state index contributed by atoms with van der Waals surface area (Å²) in [4.78, 5) is 47.5. The second-order valence-corrected chi connectivity index (χ2v) is 34.7. The van der Waals surface area contributed by atoms with Crippen LogP contribution in [-0.2, 0) is 40.1 Å². The first-order valence-corrected chi connectivity index (χ1v) is 41.6. The second kappa shape index (κ2) is 38.4. The van der Waals surface area contributed by atoms with Gasteiger partial charge in [-0.3, -0.25) is 19.2 Å². The van der Waals surface area contributed by atoms with Crippen LogP contribution in [-0.4, -0.2) is 126 Å². The van der Waals surface area contributed by atoms with Crippen LogP contribution in [0.1, 0.15) is 118 Å². The lowest BCUT2D eigenvalue weighted by Crippen LogP contribution is -2.40. The number of aliphatic hydroxyl groups is 4. The first kappa shape index (κ1) is 91.3. The number of halogens is 16. The summed E-state index contributed by atoms with van der Waals surface area (Å²) in [7, 11) is -16.8. The van der Waals surface area contributed by atoms with E-state index in [9.17, 15) is 126 Å². The van der Waals surface area contributed by atoms with Crippen molar-refractivity contribution in [2.45, 2.75) is 145 Å². The van der Waals surface area contributed by atoms with Gasteiger partial charge in [0.15, 0.2) is 52.4 Å². The van der Waals surface area contributed by atoms with Gasteiger partial charge in [0.25, 0.3) is 23.6 Å². The van der Waals surface area contributed by atoms with Crippen molar-refractivity contribution in [3.8, 4) is 0 Å². The highest BCUT2D eigenvalue weighted by atomic mass is 35.5. The molecule has 12 N–H and O–H groups in total. The van der Waals surface area contributed by atoms with Crippen molar-refractivity contribution in [2.75, 3.05) is 21.3 Å². The van der Waals surface area contributed by atoms with Gasteiger partial charge in [-0.25, -0.2) is 105 Å². The molecule has 8 atom stereocenters. The summed E-state index contributed by atoms with van der Waals surface area (Å²) in [5.74, 6) is -21.7. The number of rotatable bonds is 20. The average molecular weight is 1800 g/mol. The predicted molar refractivity (Wildman–Crippen MR) is 399 cm³/mol. The number of benzene rings is 8. The smallest absolute Gasteiger partial charge is 0.258 e. The molecule has 4 fully saturated rings. The average Bonchev–Trinajstić information content (AvgIpc) is 1.07. The SMILES string of the molecule is O=C(Nc1cc(F)c(F)c(F)c1)c1cc(S(=O)(=O)NC2CCCC2O)c(F)cc1F.O=C(Nc1cc(F)c(F)c(F)c1)c1cc(S(=O)(=O)NC2CCCC2O)ccc1Cl.O=C(Nc1cc(F)c(F)c(F)c1)c1ccc(Cl)c(S(=O)(=O)NC2CCCC2O)c1.O=C(Nc1ccc(F)c(Cl)c1)c1ccc(Cl)c(S(=O)(=O)NC2CCCC2O)c1. The molecule has 0 saturated heterocycles. The minimum absolute atomic E-state index is 0.0391. The molecule has 12 rings (SSSR count). The van der Waals surface area contributed by atoms with Gasteiger partial charge in [0, 0.05) is 101 Å². The molecule has 116 heavy (non-hydrogen) atoms. The molecule has 0 aromatic heterocycles. The van der Waals surface area contributed by atoms with Crippen molar-refractivity contribution in [1.82, 2.24) is 18.9 Å². The Labute approximate surface area is 673 Å². The van der Waals surface area contributed by atoms with E-state index in [1.807, 2.05) is 5.32 Å². The molecule has 8 unspecified atom stereocenters. The molecule has 24 nitrogen and oxygen atoms in total. The van der Waals surface area contributed by atoms with E-state index in [-0.39, 0.29) is 74.6 Å². The van der Waals surface area contributed by atoms with Crippen LogP contribution >= 0.6 is 46.4 Å². The van der Waals surface area contributed by atoms with Crippen molar-refractivity contribution >= 4 is 133 Å². The van der Waals surface area contributed by atoms with Gasteiger partial charge in [0.2, 0.25) is 40.1 Å². The molecule has 4 saturated carbocycles. The third kappa shape index (κ3) is 23.0. The van der Waals surface area contributed by atoms with Crippen LogP contribution in [0.2, 0.25) is 20.1 Å². The van der Waals surface area contributed by atoms with Gasteiger partial charge in [-0.05, 0) is 156 Å². The first-order valence-electron chi connectivity index (χ1n) is 34.2. The quantitative estimate of drug-likeness (QED) is 0.0249. The summed E-state index contributed by atoms with van der Waals surface area (Å²) in [5, 5.41) is 47.5. The maximum Gasteiger partial charge on any atom is 0.258 e. The zero-order valence-electron chi connectivity index (χ0n) is 59.0. The molecule has 8 aromatic rings. The molecule has 8 aromatic carbocycles. The van der Waals surface area contributed by atoms with Crippen LogP contribution in [0.25, 0.3) is 0 Å². The summed E-state index contributed by atoms with van der Waals surface area (Å²) in [6, 6.07) is 15.2. The Bertz CT molecular complexity index is 5540. The maximum absolute atomic E-state index is 14.1. The molecule has 44 heteroatoms. The number of carbonyl (C=O) groups excluding carboxylic acids is 4. The zero-order valence-corrected chi connectivity index (χ0v) is 65.3. The van der Waals surface area contributed by atoms with Crippen molar-refractivity contribution < 1.29 is 126 Å². The van der Waals surface area contributed by atoms with Crippen LogP contribution in [0.15, 0.2) is 141 Å². The van der Waals surface area contributed by atoms with E-state index in [0.717, 1.165) is 24.3 Å². The van der Waals surface area contributed by atoms with Gasteiger partial charge in [-0.1, -0.05) is 46.4 Å². The molecule has 4 aliphatic carbocycles. The molecule has 0 heterocycles. The van der Waals surface area contributed by atoms with Crippen molar-refractivity contribution in [2.24, 2.45) is 0 Å². The van der Waals surface area contributed by atoms with Crippen molar-refractivity contribution in [3.63, 3.8) is 0 Å². The Balaban J connectivity index is 0.000000177. The van der Waals surface area contributed by atoms with Gasteiger partial charge in [-0.15, -0.1) is 0 Å². The van der Waals surface area contributed by atoms with Crippen molar-refractivity contribution in [3.05, 3.63) is 233 Å². The lowest BCUT2D eigenvalue weighted by atomic mass is 10.2. The van der Waals surface area contributed by atoms with Crippen LogP contribution in [0.5, 0.6) is 0 Å². The van der Waals surface area contributed by atoms with E-state index in [1.54, 1.807) is 0 Å². The Morgan fingerprint density at radius 2 is 0.621 bits per heavy atom. The van der Waals surface area contributed by atoms with E-state index in [0.29, 0.717) is 120 Å². The summed E-state index contributed by atoms with van der Waals surface area (Å²) in [6.07, 6.45) is 2.79. The lowest BCUT2D eigenvalue weighted by molar-refractivity contribution is 0.101. The summed E-state index contributed by atoms with van der Waals surface area (Å²) in [5.41, 5.74) is -2.37. The molecule has 0 spiro atoms. The molecular weight excluding hydrogens is 1730 g/mol. The number of amides is 4. The van der Waals surface area contributed by atoms with Gasteiger partial charge in [0.1, 0.15) is 32.1 Å². The summed E-state index contributed by atoms with van der Waals surface area (Å²) < 4.78 is 270. The van der Waals surface area contributed by atoms with Crippen LogP contribution < -0.4 is 40.2 Å². The van der Waals surface area contributed by atoms with Gasteiger partial charge < -0.3 is 41.7 Å². The standard InChI is InChI=1S/C18H17Cl2FN2O4S.2C18H16ClF3N2O4S.C18H15F5N2O4S/c19-12-6-4-10(18(25)22-11-5-7-14(21)13(20)9-11)8-17(12)28(26,27)23-15-2-1-3-16(15)24;19-12-5-4-10(29(27,28)24-15-2-1-3-16(15)25)8-11(12)18(26)23-9-6-13(20)17(22)14(21)7-9;19-11-5-4-9(18(26)23-10-7-12(20)17(22)13(21)8-10)6-16(11)29(27,28)24-14-2-1-3-15(14)25;19-10-7-11(20)16(30(28,29)25-14-2-1-3-15(14)26)6-9(10)18(27)24-8-4-12(21)17(23)13(22)5-8/h4-9,15-16,23-24H,1-3H2,(H,22,25);4-8,15-16,24-25H,1-3H2,(H,23,26);4-8,14-15,24-25H,1-3H2,(H,23,26);4-7,14-15,25-26H,1-3H2,(H,24,27). The van der Waals surface area contributed by atoms with Crippen molar-refractivity contribution in [1.29, 1.82) is 0 Å². The lowest BCUT2D eigenvalue weighted by Gasteiger charge is -2.17. The predicted octanol–water partition coefficient (Wildman–Crippen LogP) is 12.8. The van der Waals surface area contributed by atoms with Gasteiger partial charge in [0.05, 0.1) is 60.5 Å². The molecular formula is C72H64Cl4F12N8O16S4. The summed E-state index contributed by atoms with van der Waals surface area (Å²) in [6.45, 7) is 0. The summed E-state index contributed by atoms with van der Waals surface area (Å²) >= 11 is 23.7. The normalized spacial score (nSPS) is 19.3. The number of sulfonamides is 4. The van der Waals surface area contributed by atoms with E-state index >= 15 is 0 Å². The van der Waals surface area contributed by atoms with Crippen LogP contribution in [0, 0.1) is 69.8 Å². The second-order valence-electron chi connectivity index (χ2n) is 26.3. The van der Waals surface area contributed by atoms with E-state index in [4.69, 9.17) is 46.4 Å².